The Kier molecular flexibility index (Phi) is 5.96. The van der Waals surface area contributed by atoms with Gasteiger partial charge < -0.3 is 4.79 Å². The summed E-state index contributed by atoms with van der Waals surface area (Å²) in [4.78, 5) is 12.5. The zero-order valence-corrected chi connectivity index (χ0v) is 17.8. The molecule has 0 fully saturated rings. The second kappa shape index (κ2) is 8.01. The van der Waals surface area contributed by atoms with E-state index in [4.69, 9.17) is 11.6 Å². The van der Waals surface area contributed by atoms with Gasteiger partial charge in [0.1, 0.15) is 5.78 Å². The molecule has 3 aromatic carbocycles. The number of benzene rings is 3. The van der Waals surface area contributed by atoms with Gasteiger partial charge in [0.2, 0.25) is 0 Å². The van der Waals surface area contributed by atoms with Gasteiger partial charge in [-0.3, -0.25) is 0 Å². The van der Waals surface area contributed by atoms with Gasteiger partial charge in [0.25, 0.3) is 0 Å². The maximum Gasteiger partial charge on any atom is 0.106 e. The number of carbonyl (C=O) groups excluding carboxylic acids is 1. The van der Waals surface area contributed by atoms with Gasteiger partial charge in [-0.1, -0.05) is 66.2 Å². The zero-order valence-electron chi connectivity index (χ0n) is 13.4. The number of rotatable bonds is 4. The van der Waals surface area contributed by atoms with Crippen molar-refractivity contribution in [3.05, 3.63) is 88.6 Å². The van der Waals surface area contributed by atoms with Crippen LogP contribution in [0.2, 0.25) is 5.02 Å². The number of thiophene rings is 1. The Balaban J connectivity index is 0.00000182. The molecule has 0 aliphatic heterocycles. The summed E-state index contributed by atoms with van der Waals surface area (Å²) in [5.74, 6) is 0.102. The predicted octanol–water partition coefficient (Wildman–Crippen LogP) is 6.07. The van der Waals surface area contributed by atoms with Crippen molar-refractivity contribution in [3.8, 4) is 0 Å². The van der Waals surface area contributed by atoms with Gasteiger partial charge >= 0.3 is 0 Å². The number of fused-ring (bicyclic) bond motifs is 2. The molecule has 1 radical (unpaired) electrons. The molecule has 0 saturated heterocycles. The van der Waals surface area contributed by atoms with Crippen molar-refractivity contribution >= 4 is 49.6 Å². The van der Waals surface area contributed by atoms with Crippen LogP contribution in [0, 0.1) is 6.42 Å². The molecule has 4 aromatic rings. The molecule has 1 aromatic heterocycles. The minimum absolute atomic E-state index is 0. The van der Waals surface area contributed by atoms with E-state index in [1.807, 2.05) is 41.8 Å². The van der Waals surface area contributed by atoms with Crippen molar-refractivity contribution < 1.29 is 37.5 Å². The molecule has 121 valence electrons. The molecule has 0 aliphatic rings. The molecule has 0 spiro atoms. The fraction of sp³-hybridized carbons (Fsp3) is 0.0476. The molecular weight excluding hydrogens is 425 g/mol. The summed E-state index contributed by atoms with van der Waals surface area (Å²) in [7, 11) is 0. The second-order valence-corrected chi connectivity index (χ2v) is 7.15. The van der Waals surface area contributed by atoms with E-state index in [-0.39, 0.29) is 38.5 Å². The number of hydrogen-bond donors (Lipinski definition) is 0. The molecule has 0 saturated carbocycles. The van der Waals surface area contributed by atoms with Gasteiger partial charge in [0.15, 0.2) is 0 Å². The van der Waals surface area contributed by atoms with E-state index in [9.17, 15) is 4.79 Å². The Bertz CT molecular complexity index is 1050. The van der Waals surface area contributed by atoms with Crippen LogP contribution in [0.15, 0.2) is 66.0 Å². The largest absolute Gasteiger partial charge is 0.309 e. The average molecular weight is 439 g/mol. The topological polar surface area (TPSA) is 17.1 Å². The number of Topliss-reactive ketones (excluding diaryl/α,β-unsaturated/α-hetero) is 1. The van der Waals surface area contributed by atoms with Gasteiger partial charge in [-0.25, -0.2) is 11.3 Å². The summed E-state index contributed by atoms with van der Waals surface area (Å²) in [6.07, 6.45) is 2.13. The SMILES string of the molecule is O=C([CH-]c1csc2ccc(Cl)cc12)Cc1ccc2ccccc2c1.[Y]. The van der Waals surface area contributed by atoms with Crippen LogP contribution >= 0.6 is 22.9 Å². The normalized spacial score (nSPS) is 10.6. The van der Waals surface area contributed by atoms with Crippen LogP contribution in [-0.4, -0.2) is 5.78 Å². The molecule has 1 nitrogen and oxygen atoms in total. The summed E-state index contributed by atoms with van der Waals surface area (Å²) in [6, 6.07) is 20.2. The van der Waals surface area contributed by atoms with E-state index in [1.54, 1.807) is 17.8 Å². The molecular formula is C21H14ClOSY-. The first kappa shape index (κ1) is 18.6. The van der Waals surface area contributed by atoms with E-state index in [0.29, 0.717) is 11.4 Å². The third kappa shape index (κ3) is 4.15. The maximum atomic E-state index is 12.5. The van der Waals surface area contributed by atoms with E-state index in [2.05, 4.69) is 24.3 Å². The first-order valence-corrected chi connectivity index (χ1v) is 8.97. The van der Waals surface area contributed by atoms with Gasteiger partial charge in [0.05, 0.1) is 0 Å². The Morgan fingerprint density at radius 3 is 2.64 bits per heavy atom. The van der Waals surface area contributed by atoms with Crippen LogP contribution in [0.4, 0.5) is 0 Å². The van der Waals surface area contributed by atoms with Crippen LogP contribution < -0.4 is 0 Å². The fourth-order valence-corrected chi connectivity index (χ4v) is 3.98. The summed E-state index contributed by atoms with van der Waals surface area (Å²) in [5, 5.41) is 6.10. The van der Waals surface area contributed by atoms with E-state index in [1.165, 1.54) is 5.39 Å². The first-order valence-electron chi connectivity index (χ1n) is 7.71. The molecule has 25 heavy (non-hydrogen) atoms. The number of carbonyl (C=O) groups is 1. The van der Waals surface area contributed by atoms with Crippen LogP contribution in [0.1, 0.15) is 11.1 Å². The minimum Gasteiger partial charge on any atom is -0.309 e. The third-order valence-electron chi connectivity index (χ3n) is 4.07. The van der Waals surface area contributed by atoms with Crippen molar-refractivity contribution in [2.24, 2.45) is 0 Å². The van der Waals surface area contributed by atoms with Crippen molar-refractivity contribution in [1.82, 2.24) is 0 Å². The summed E-state index contributed by atoms with van der Waals surface area (Å²) >= 11 is 7.71. The first-order chi connectivity index (χ1) is 11.7. The minimum atomic E-state index is 0. The Hall–Kier alpha value is -1.19. The van der Waals surface area contributed by atoms with Crippen LogP contribution in [0.5, 0.6) is 0 Å². The van der Waals surface area contributed by atoms with Crippen molar-refractivity contribution in [3.63, 3.8) is 0 Å². The predicted molar refractivity (Wildman–Crippen MR) is 103 cm³/mol. The molecule has 0 N–H and O–H groups in total. The van der Waals surface area contributed by atoms with Crippen LogP contribution in [0.3, 0.4) is 0 Å². The van der Waals surface area contributed by atoms with E-state index >= 15 is 0 Å². The molecule has 0 amide bonds. The molecule has 4 heteroatoms. The van der Waals surface area contributed by atoms with Crippen LogP contribution in [-0.2, 0) is 43.9 Å². The average Bonchev–Trinajstić information content (AvgIpc) is 2.97. The smallest absolute Gasteiger partial charge is 0.106 e. The molecule has 0 bridgehead atoms. The van der Waals surface area contributed by atoms with Crippen molar-refractivity contribution in [2.45, 2.75) is 6.42 Å². The molecule has 0 unspecified atom stereocenters. The van der Waals surface area contributed by atoms with Gasteiger partial charge in [-0.2, -0.15) is 5.56 Å². The second-order valence-electron chi connectivity index (χ2n) is 5.80. The van der Waals surface area contributed by atoms with Gasteiger partial charge in [-0.05, 0) is 27.1 Å². The third-order valence-corrected chi connectivity index (χ3v) is 5.29. The summed E-state index contributed by atoms with van der Waals surface area (Å²) in [5.41, 5.74) is 1.98. The number of hydrogen-bond acceptors (Lipinski definition) is 2. The molecule has 4 rings (SSSR count). The monoisotopic (exact) mass is 438 g/mol. The fourth-order valence-electron chi connectivity index (χ4n) is 2.91. The van der Waals surface area contributed by atoms with E-state index in [0.717, 1.165) is 26.6 Å². The molecule has 0 aliphatic carbocycles. The Morgan fingerprint density at radius 1 is 1.00 bits per heavy atom. The van der Waals surface area contributed by atoms with E-state index < -0.39 is 0 Å². The van der Waals surface area contributed by atoms with Crippen molar-refractivity contribution in [1.29, 1.82) is 0 Å². The standard InChI is InChI=1S/C21H14ClOS.Y/c22-18-7-8-21-20(12-18)17(13-24-21)11-19(23)10-14-5-6-15-3-1-2-4-16(15)9-14;/h1-9,11-13H,10H2;/q-1;. The molecule has 0 atom stereocenters. The maximum absolute atomic E-state index is 12.5. The number of halogens is 1. The van der Waals surface area contributed by atoms with Gasteiger partial charge in [0, 0.05) is 44.2 Å². The van der Waals surface area contributed by atoms with Crippen molar-refractivity contribution in [2.75, 3.05) is 0 Å². The Labute approximate surface area is 180 Å². The Morgan fingerprint density at radius 2 is 1.80 bits per heavy atom. The summed E-state index contributed by atoms with van der Waals surface area (Å²) < 4.78 is 1.14. The molecule has 1 heterocycles. The van der Waals surface area contributed by atoms with Gasteiger partial charge in [-0.15, -0.1) is 17.2 Å². The quantitative estimate of drug-likeness (QED) is 0.353. The number of ketones is 1. The summed E-state index contributed by atoms with van der Waals surface area (Å²) in [6.45, 7) is 0. The van der Waals surface area contributed by atoms with Crippen LogP contribution in [0.25, 0.3) is 20.9 Å². The zero-order chi connectivity index (χ0) is 16.5.